The minimum atomic E-state index is -0.797. The van der Waals surface area contributed by atoms with Crippen molar-refractivity contribution in [1.82, 2.24) is 0 Å². The monoisotopic (exact) mass is 486 g/mol. The van der Waals surface area contributed by atoms with E-state index in [1.54, 1.807) is 12.5 Å². The molecule has 192 valence electrons. The number of hydrogen-bond donors (Lipinski definition) is 1. The molecule has 10 atom stereocenters. The summed E-state index contributed by atoms with van der Waals surface area (Å²) in [6.07, 6.45) is 5.33. The quantitative estimate of drug-likeness (QED) is 0.483. The Morgan fingerprint density at radius 2 is 1.83 bits per heavy atom. The molecule has 0 amide bonds. The van der Waals surface area contributed by atoms with Crippen LogP contribution in [0.15, 0.2) is 23.0 Å². The van der Waals surface area contributed by atoms with Crippen molar-refractivity contribution < 1.29 is 33.3 Å². The van der Waals surface area contributed by atoms with E-state index in [2.05, 4.69) is 34.6 Å². The van der Waals surface area contributed by atoms with Gasteiger partial charge in [-0.25, -0.2) is 4.79 Å². The highest BCUT2D eigenvalue weighted by molar-refractivity contribution is 5.82. The normalized spacial score (nSPS) is 51.7. The summed E-state index contributed by atoms with van der Waals surface area (Å²) in [6.45, 7) is 12.5. The summed E-state index contributed by atoms with van der Waals surface area (Å²) in [4.78, 5) is 25.7. The van der Waals surface area contributed by atoms with Gasteiger partial charge in [-0.15, -0.1) is 0 Å². The van der Waals surface area contributed by atoms with Gasteiger partial charge in [0.1, 0.15) is 17.8 Å². The summed E-state index contributed by atoms with van der Waals surface area (Å²) in [5.74, 6) is -0.319. The van der Waals surface area contributed by atoms with E-state index in [1.165, 1.54) is 6.92 Å². The molecule has 1 spiro atoms. The van der Waals surface area contributed by atoms with Gasteiger partial charge in [0.15, 0.2) is 6.10 Å². The van der Waals surface area contributed by atoms with Crippen molar-refractivity contribution in [2.75, 3.05) is 0 Å². The second-order valence-corrected chi connectivity index (χ2v) is 13.2. The molecule has 0 aromatic carbocycles. The molecule has 1 aromatic heterocycles. The highest BCUT2D eigenvalue weighted by atomic mass is 16.7. The Morgan fingerprint density at radius 3 is 2.49 bits per heavy atom. The van der Waals surface area contributed by atoms with Crippen LogP contribution in [0.25, 0.3) is 0 Å². The van der Waals surface area contributed by atoms with Gasteiger partial charge in [0, 0.05) is 23.3 Å². The van der Waals surface area contributed by atoms with Gasteiger partial charge < -0.3 is 23.7 Å². The van der Waals surface area contributed by atoms with E-state index in [1.807, 2.05) is 6.07 Å². The third-order valence-corrected chi connectivity index (χ3v) is 11.5. The molecule has 35 heavy (non-hydrogen) atoms. The Kier molecular flexibility index (Phi) is 4.65. The number of ether oxygens (including phenoxy) is 3. The Balaban J connectivity index is 1.53. The number of carbonyl (C=O) groups is 2. The molecular formula is C28H38O7. The van der Waals surface area contributed by atoms with Gasteiger partial charge in [0.2, 0.25) is 0 Å². The molecule has 7 nitrogen and oxygen atoms in total. The molecule has 2 aliphatic heterocycles. The van der Waals surface area contributed by atoms with Crippen LogP contribution in [0, 0.1) is 33.5 Å². The zero-order valence-electron chi connectivity index (χ0n) is 21.6. The molecule has 5 aliphatic rings. The average Bonchev–Trinajstić information content (AvgIpc) is 3.35. The maximum Gasteiger partial charge on any atom is 0.339 e. The van der Waals surface area contributed by atoms with Gasteiger partial charge in [0.25, 0.3) is 0 Å². The van der Waals surface area contributed by atoms with Gasteiger partial charge in [-0.05, 0) is 60.8 Å². The zero-order valence-corrected chi connectivity index (χ0v) is 21.6. The van der Waals surface area contributed by atoms with Gasteiger partial charge in [-0.1, -0.05) is 34.6 Å². The lowest BCUT2D eigenvalue weighted by molar-refractivity contribution is -0.275. The maximum absolute atomic E-state index is 13.3. The van der Waals surface area contributed by atoms with E-state index in [-0.39, 0.29) is 34.6 Å². The van der Waals surface area contributed by atoms with E-state index in [0.29, 0.717) is 6.42 Å². The van der Waals surface area contributed by atoms with E-state index in [0.717, 1.165) is 31.2 Å². The smallest absolute Gasteiger partial charge is 0.339 e. The molecule has 5 fully saturated rings. The molecule has 3 aliphatic carbocycles. The summed E-state index contributed by atoms with van der Waals surface area (Å²) < 4.78 is 24.1. The largest absolute Gasteiger partial charge is 0.472 e. The first kappa shape index (κ1) is 23.5. The molecule has 6 rings (SSSR count). The Bertz CT molecular complexity index is 1060. The highest BCUT2D eigenvalue weighted by Gasteiger charge is 2.88. The number of rotatable bonds is 2. The van der Waals surface area contributed by atoms with Crippen LogP contribution >= 0.6 is 0 Å². The van der Waals surface area contributed by atoms with E-state index >= 15 is 0 Å². The zero-order chi connectivity index (χ0) is 25.2. The third-order valence-electron chi connectivity index (χ3n) is 11.5. The van der Waals surface area contributed by atoms with Crippen molar-refractivity contribution in [1.29, 1.82) is 0 Å². The molecule has 1 aromatic rings. The fourth-order valence-electron chi connectivity index (χ4n) is 9.88. The Morgan fingerprint density at radius 1 is 1.09 bits per heavy atom. The predicted octanol–water partition coefficient (Wildman–Crippen LogP) is 4.58. The first-order chi connectivity index (χ1) is 16.3. The number of cyclic esters (lactones) is 1. The lowest BCUT2D eigenvalue weighted by Gasteiger charge is -2.70. The first-order valence-electron chi connectivity index (χ1n) is 13.1. The minimum Gasteiger partial charge on any atom is -0.472 e. The van der Waals surface area contributed by atoms with Gasteiger partial charge >= 0.3 is 11.9 Å². The molecule has 3 saturated carbocycles. The fraction of sp³-hybridized carbons (Fsp3) is 0.786. The maximum atomic E-state index is 13.3. The molecular weight excluding hydrogens is 448 g/mol. The van der Waals surface area contributed by atoms with Crippen molar-refractivity contribution >= 4 is 11.9 Å². The lowest BCUT2D eigenvalue weighted by atomic mass is 9.34. The van der Waals surface area contributed by atoms with Crippen LogP contribution in [0.1, 0.15) is 85.3 Å². The van der Waals surface area contributed by atoms with Crippen molar-refractivity contribution in [3.05, 3.63) is 24.2 Å². The van der Waals surface area contributed by atoms with Gasteiger partial charge in [0.05, 0.1) is 18.6 Å². The third kappa shape index (κ3) is 2.59. The predicted molar refractivity (Wildman–Crippen MR) is 125 cm³/mol. The van der Waals surface area contributed by atoms with Crippen LogP contribution in [-0.4, -0.2) is 41.0 Å². The number of hydrogen-bond acceptors (Lipinski definition) is 7. The first-order valence-corrected chi connectivity index (χ1v) is 13.1. The van der Waals surface area contributed by atoms with Crippen molar-refractivity contribution in [2.45, 2.75) is 104 Å². The van der Waals surface area contributed by atoms with Gasteiger partial charge in [-0.2, -0.15) is 0 Å². The van der Waals surface area contributed by atoms with Crippen LogP contribution in [0.2, 0.25) is 0 Å². The van der Waals surface area contributed by atoms with Crippen LogP contribution in [-0.2, 0) is 23.8 Å². The fourth-order valence-corrected chi connectivity index (χ4v) is 9.88. The SMILES string of the molecule is CC(=O)O[C@@H]1CC2C(C)(C)[C@@H](O)CC[C@]2(C)C2CC[C@@]3(C)[C@H](c4ccoc4)OC(=O)[C@H]4O[C@]43[C@@]21C. The molecule has 0 radical (unpaired) electrons. The van der Waals surface area contributed by atoms with Crippen LogP contribution in [0.3, 0.4) is 0 Å². The summed E-state index contributed by atoms with van der Waals surface area (Å²) >= 11 is 0. The van der Waals surface area contributed by atoms with Crippen LogP contribution < -0.4 is 0 Å². The van der Waals surface area contributed by atoms with Crippen LogP contribution in [0.5, 0.6) is 0 Å². The van der Waals surface area contributed by atoms with Crippen molar-refractivity contribution in [2.24, 2.45) is 33.5 Å². The van der Waals surface area contributed by atoms with Crippen molar-refractivity contribution in [3.63, 3.8) is 0 Å². The van der Waals surface area contributed by atoms with E-state index in [4.69, 9.17) is 18.6 Å². The van der Waals surface area contributed by atoms with E-state index in [9.17, 15) is 14.7 Å². The number of aliphatic hydroxyl groups excluding tert-OH is 1. The topological polar surface area (TPSA) is 98.5 Å². The van der Waals surface area contributed by atoms with Crippen molar-refractivity contribution in [3.8, 4) is 0 Å². The average molecular weight is 487 g/mol. The molecule has 2 unspecified atom stereocenters. The summed E-state index contributed by atoms with van der Waals surface area (Å²) in [6, 6.07) is 1.86. The van der Waals surface area contributed by atoms with Crippen LogP contribution in [0.4, 0.5) is 0 Å². The second-order valence-electron chi connectivity index (χ2n) is 13.2. The van der Waals surface area contributed by atoms with Gasteiger partial charge in [-0.3, -0.25) is 4.79 Å². The molecule has 7 heteroatoms. The standard InChI is InChI=1S/C28H38O7/c1-15(29)33-20-13-18-24(2,3)19(30)8-10-25(18,4)17-7-11-26(5)21(16-9-12-32-14-16)34-23(31)22-28(26,35-22)27(17,20)6/h9,12,14,17-22,30H,7-8,10-11,13H2,1-6H3/t17?,18?,19-,20+,21-,22+,25+,26-,27-,28+/m0/s1. The summed E-state index contributed by atoms with van der Waals surface area (Å²) in [7, 11) is 0. The molecule has 0 bridgehead atoms. The molecule has 2 saturated heterocycles. The highest BCUT2D eigenvalue weighted by Crippen LogP contribution is 2.80. The Labute approximate surface area is 206 Å². The number of aliphatic hydroxyl groups is 1. The number of carbonyl (C=O) groups excluding carboxylic acids is 2. The number of fused-ring (bicyclic) bond motifs is 3. The van der Waals surface area contributed by atoms with E-state index < -0.39 is 40.8 Å². The lowest BCUT2D eigenvalue weighted by Crippen LogP contribution is -2.73. The molecule has 3 heterocycles. The molecule has 1 N–H and O–H groups in total. The minimum absolute atomic E-state index is 0.0762. The number of epoxide rings is 1. The number of esters is 2. The second kappa shape index (κ2) is 6.91. The summed E-state index contributed by atoms with van der Waals surface area (Å²) in [5, 5.41) is 11.0. The number of furan rings is 1. The summed E-state index contributed by atoms with van der Waals surface area (Å²) in [5.41, 5.74) is -1.42. The Hall–Kier alpha value is -1.86.